The highest BCUT2D eigenvalue weighted by Gasteiger charge is 2.31. The highest BCUT2D eigenvalue weighted by atomic mass is 16.4. The lowest BCUT2D eigenvalue weighted by Crippen LogP contribution is -2.27. The number of benzene rings is 2. The summed E-state index contributed by atoms with van der Waals surface area (Å²) >= 11 is 0. The molecule has 37 heavy (non-hydrogen) atoms. The number of nitrogens with one attached hydrogen (secondary N) is 2. The molecule has 1 aromatic heterocycles. The molecule has 5 rings (SSSR count). The first kappa shape index (κ1) is 25.2. The van der Waals surface area contributed by atoms with Crippen LogP contribution in [0.2, 0.25) is 0 Å². The second-order valence-corrected chi connectivity index (χ2v) is 10.3. The number of carboxylic acid groups (broad SMARTS) is 2. The van der Waals surface area contributed by atoms with Crippen LogP contribution in [0.5, 0.6) is 0 Å². The second-order valence-electron chi connectivity index (χ2n) is 10.3. The molecule has 0 radical (unpaired) electrons. The lowest BCUT2D eigenvalue weighted by Gasteiger charge is -2.19. The number of aromatic nitrogens is 2. The van der Waals surface area contributed by atoms with Gasteiger partial charge in [-0.1, -0.05) is 30.3 Å². The number of carbonyl (C=O) groups is 2. The Kier molecular flexibility index (Phi) is 7.67. The van der Waals surface area contributed by atoms with E-state index >= 15 is 0 Å². The quantitative estimate of drug-likeness (QED) is 0.336. The Morgan fingerprint density at radius 1 is 0.865 bits per heavy atom. The fourth-order valence-corrected chi connectivity index (χ4v) is 5.77. The molecule has 0 spiro atoms. The molecule has 2 aliphatic heterocycles. The summed E-state index contributed by atoms with van der Waals surface area (Å²) < 4.78 is 1.81. The zero-order chi connectivity index (χ0) is 25.8. The van der Waals surface area contributed by atoms with Crippen molar-refractivity contribution in [3.63, 3.8) is 0 Å². The van der Waals surface area contributed by atoms with Crippen molar-refractivity contribution in [2.24, 2.45) is 23.7 Å². The van der Waals surface area contributed by atoms with Crippen LogP contribution < -0.4 is 10.6 Å². The van der Waals surface area contributed by atoms with Gasteiger partial charge in [-0.3, -0.25) is 9.59 Å². The van der Waals surface area contributed by atoms with Gasteiger partial charge < -0.3 is 20.8 Å². The summed E-state index contributed by atoms with van der Waals surface area (Å²) in [5.74, 6) is -1.99. The molecule has 2 aliphatic rings. The molecule has 0 unspecified atom stereocenters. The van der Waals surface area contributed by atoms with Crippen LogP contribution in [-0.2, 0) is 22.4 Å². The highest BCUT2D eigenvalue weighted by Crippen LogP contribution is 2.27. The maximum atomic E-state index is 11.9. The second kappa shape index (κ2) is 11.3. The SMILES string of the molecule is O=C(O)[C@@H](Cc1cccc(-c2ccn(-c3cccc(C[C@H](C(=O)O)[C@H]4CCNC4)c3)n2)c1)[C@H]1CCNC1. The molecule has 4 atom stereocenters. The predicted octanol–water partition coefficient (Wildman–Crippen LogP) is 3.24. The Hall–Kier alpha value is -3.49. The minimum atomic E-state index is -0.741. The molecule has 0 saturated carbocycles. The van der Waals surface area contributed by atoms with E-state index in [0.29, 0.717) is 12.8 Å². The van der Waals surface area contributed by atoms with Crippen molar-refractivity contribution in [3.05, 3.63) is 71.9 Å². The van der Waals surface area contributed by atoms with Crippen LogP contribution in [0.1, 0.15) is 24.0 Å². The van der Waals surface area contributed by atoms with Crippen molar-refractivity contribution < 1.29 is 19.8 Å². The lowest BCUT2D eigenvalue weighted by molar-refractivity contribution is -0.144. The van der Waals surface area contributed by atoms with E-state index < -0.39 is 23.8 Å². The molecular weight excluding hydrogens is 468 g/mol. The Bertz CT molecular complexity index is 1150. The minimum Gasteiger partial charge on any atom is -0.481 e. The van der Waals surface area contributed by atoms with Gasteiger partial charge in [-0.25, -0.2) is 4.68 Å². The predicted molar refractivity (Wildman–Crippen MR) is 141 cm³/mol. The van der Waals surface area contributed by atoms with Gasteiger partial charge in [-0.2, -0.15) is 5.10 Å². The Morgan fingerprint density at radius 2 is 1.46 bits per heavy atom. The lowest BCUT2D eigenvalue weighted by atomic mass is 9.86. The van der Waals surface area contributed by atoms with Crippen LogP contribution in [0.15, 0.2) is 60.8 Å². The first-order chi connectivity index (χ1) is 18.0. The fourth-order valence-electron chi connectivity index (χ4n) is 5.77. The largest absolute Gasteiger partial charge is 0.481 e. The molecule has 4 N–H and O–H groups in total. The van der Waals surface area contributed by atoms with Gasteiger partial charge in [0.25, 0.3) is 0 Å². The third-order valence-corrected chi connectivity index (χ3v) is 7.87. The van der Waals surface area contributed by atoms with Crippen molar-refractivity contribution in [1.29, 1.82) is 0 Å². The zero-order valence-corrected chi connectivity index (χ0v) is 20.8. The molecule has 0 amide bonds. The molecule has 3 aromatic rings. The third-order valence-electron chi connectivity index (χ3n) is 7.87. The molecule has 3 heterocycles. The average molecular weight is 503 g/mol. The maximum Gasteiger partial charge on any atom is 0.307 e. The van der Waals surface area contributed by atoms with E-state index in [4.69, 9.17) is 5.10 Å². The van der Waals surface area contributed by atoms with Crippen molar-refractivity contribution in [2.75, 3.05) is 26.2 Å². The Labute approximate surface area is 216 Å². The van der Waals surface area contributed by atoms with Gasteiger partial charge in [0, 0.05) is 11.8 Å². The molecule has 2 fully saturated rings. The van der Waals surface area contributed by atoms with Crippen LogP contribution in [0.25, 0.3) is 16.9 Å². The third kappa shape index (κ3) is 5.92. The first-order valence-corrected chi connectivity index (χ1v) is 13.1. The van der Waals surface area contributed by atoms with Crippen LogP contribution in [0.4, 0.5) is 0 Å². The number of carboxylic acids is 2. The summed E-state index contributed by atoms with van der Waals surface area (Å²) in [5.41, 5.74) is 4.61. The van der Waals surface area contributed by atoms with E-state index in [-0.39, 0.29) is 11.8 Å². The zero-order valence-electron chi connectivity index (χ0n) is 20.8. The van der Waals surface area contributed by atoms with E-state index in [1.54, 1.807) is 0 Å². The van der Waals surface area contributed by atoms with E-state index in [2.05, 4.69) is 10.6 Å². The standard InChI is InChI=1S/C29H34N4O4/c34-28(35)25(22-7-10-30-17-22)15-19-3-1-5-21(13-19)27-9-12-33(32-27)24-6-2-4-20(14-24)16-26(29(36)37)23-8-11-31-18-23/h1-6,9,12-14,22-23,25-26,30-31H,7-8,10-11,15-18H2,(H,34,35)(H,36,37)/t22-,23-,25-,26-/m0/s1. The Balaban J connectivity index is 1.32. The molecule has 2 saturated heterocycles. The summed E-state index contributed by atoms with van der Waals surface area (Å²) in [6, 6.07) is 17.8. The van der Waals surface area contributed by atoms with Crippen LogP contribution in [0.3, 0.4) is 0 Å². The van der Waals surface area contributed by atoms with Crippen molar-refractivity contribution >= 4 is 11.9 Å². The maximum absolute atomic E-state index is 11.9. The summed E-state index contributed by atoms with van der Waals surface area (Å²) in [5, 5.41) is 30.9. The monoisotopic (exact) mass is 502 g/mol. The average Bonchev–Trinajstić information content (AvgIpc) is 3.69. The molecule has 0 aliphatic carbocycles. The van der Waals surface area contributed by atoms with E-state index in [9.17, 15) is 19.8 Å². The molecule has 194 valence electrons. The van der Waals surface area contributed by atoms with Gasteiger partial charge in [0.1, 0.15) is 0 Å². The van der Waals surface area contributed by atoms with Crippen molar-refractivity contribution in [2.45, 2.75) is 25.7 Å². The normalized spacial score (nSPS) is 21.1. The molecular formula is C29H34N4O4. The minimum absolute atomic E-state index is 0.149. The molecule has 2 aromatic carbocycles. The number of hydrogen-bond donors (Lipinski definition) is 4. The smallest absolute Gasteiger partial charge is 0.307 e. The van der Waals surface area contributed by atoms with E-state index in [0.717, 1.165) is 67.1 Å². The number of hydrogen-bond acceptors (Lipinski definition) is 5. The van der Waals surface area contributed by atoms with Crippen molar-refractivity contribution in [3.8, 4) is 16.9 Å². The van der Waals surface area contributed by atoms with Crippen molar-refractivity contribution in [1.82, 2.24) is 20.4 Å². The molecule has 8 nitrogen and oxygen atoms in total. The summed E-state index contributed by atoms with van der Waals surface area (Å²) in [6.07, 6.45) is 4.68. The number of rotatable bonds is 10. The van der Waals surface area contributed by atoms with Gasteiger partial charge in [0.05, 0.1) is 23.2 Å². The van der Waals surface area contributed by atoms with Gasteiger partial charge in [-0.15, -0.1) is 0 Å². The summed E-state index contributed by atoms with van der Waals surface area (Å²) in [7, 11) is 0. The number of nitrogens with zero attached hydrogens (tertiary/aromatic N) is 2. The topological polar surface area (TPSA) is 116 Å². The molecule has 8 heteroatoms. The fraction of sp³-hybridized carbons (Fsp3) is 0.414. The highest BCUT2D eigenvalue weighted by molar-refractivity contribution is 5.71. The van der Waals surface area contributed by atoms with Gasteiger partial charge >= 0.3 is 11.9 Å². The summed E-state index contributed by atoms with van der Waals surface area (Å²) in [6.45, 7) is 3.26. The number of aliphatic carboxylic acids is 2. The molecule has 0 bridgehead atoms. The van der Waals surface area contributed by atoms with Crippen LogP contribution >= 0.6 is 0 Å². The van der Waals surface area contributed by atoms with Gasteiger partial charge in [0.15, 0.2) is 0 Å². The first-order valence-electron chi connectivity index (χ1n) is 13.1. The van der Waals surface area contributed by atoms with Crippen LogP contribution in [0, 0.1) is 23.7 Å². The van der Waals surface area contributed by atoms with Crippen LogP contribution in [-0.4, -0.2) is 58.1 Å². The van der Waals surface area contributed by atoms with Gasteiger partial charge in [0.2, 0.25) is 0 Å². The Morgan fingerprint density at radius 3 is 2.03 bits per heavy atom. The van der Waals surface area contributed by atoms with Gasteiger partial charge in [-0.05, 0) is 99.1 Å². The van der Waals surface area contributed by atoms with E-state index in [1.165, 1.54) is 0 Å². The summed E-state index contributed by atoms with van der Waals surface area (Å²) in [4.78, 5) is 23.9. The van der Waals surface area contributed by atoms with E-state index in [1.807, 2.05) is 65.5 Å².